The molecule has 0 bridgehead atoms. The van der Waals surface area contributed by atoms with Gasteiger partial charge in [0.05, 0.1) is 12.2 Å². The highest BCUT2D eigenvalue weighted by atomic mass is 19.4. The van der Waals surface area contributed by atoms with Gasteiger partial charge in [-0.05, 0) is 32.9 Å². The van der Waals surface area contributed by atoms with Crippen molar-refractivity contribution in [1.29, 1.82) is 0 Å². The summed E-state index contributed by atoms with van der Waals surface area (Å²) in [7, 11) is 1.27. The van der Waals surface area contributed by atoms with Gasteiger partial charge in [0.25, 0.3) is 5.56 Å². The number of likely N-dealkylation sites (N-methyl/N-ethyl adjacent to an activating group) is 1. The van der Waals surface area contributed by atoms with Gasteiger partial charge >= 0.3 is 17.8 Å². The minimum Gasteiger partial charge on any atom is -0.361 e. The molecule has 37 heavy (non-hydrogen) atoms. The third kappa shape index (κ3) is 5.41. The number of anilines is 1. The number of benzene rings is 1. The molecule has 0 amide bonds. The predicted octanol–water partition coefficient (Wildman–Crippen LogP) is 1.67. The lowest BCUT2D eigenvalue weighted by Gasteiger charge is -2.20. The molecule has 11 nitrogen and oxygen atoms in total. The van der Waals surface area contributed by atoms with Crippen LogP contribution in [0.1, 0.15) is 31.1 Å². The topological polar surface area (TPSA) is 120 Å². The Hall–Kier alpha value is -4.38. The van der Waals surface area contributed by atoms with Crippen molar-refractivity contribution in [2.75, 3.05) is 25.0 Å². The minimum atomic E-state index is -5.15. The van der Waals surface area contributed by atoms with Gasteiger partial charge in [-0.3, -0.25) is 14.2 Å². The molecule has 0 saturated carbocycles. The number of para-hydroxylation sites is 1. The standard InChI is InChI=1S/C23H23F3N6O5/c1-5-12-31-17-18(28-21(31)27-11-13-30(6-2)37-20(35)23(24,25)26)32(22(36)29(4)19(17)34)16-10-8-7-9-15(16)14(3)33/h7-10H,6,11,13H2,1-4H3,(H,27,28). The highest BCUT2D eigenvalue weighted by molar-refractivity contribution is 5.98. The van der Waals surface area contributed by atoms with Gasteiger partial charge in [-0.15, -0.1) is 5.06 Å². The molecular formula is C23H23F3N6O5. The summed E-state index contributed by atoms with van der Waals surface area (Å²) < 4.78 is 40.8. The second-order valence-electron chi connectivity index (χ2n) is 7.69. The number of hydrogen-bond acceptors (Lipinski definition) is 8. The number of nitrogens with zero attached hydrogens (tertiary/aromatic N) is 5. The van der Waals surface area contributed by atoms with E-state index in [4.69, 9.17) is 0 Å². The number of Topliss-reactive ketones (excluding diaryl/α,β-unsaturated/α-hetero) is 1. The first-order chi connectivity index (χ1) is 17.4. The summed E-state index contributed by atoms with van der Waals surface area (Å²) in [5.74, 6) is -0.0101. The highest BCUT2D eigenvalue weighted by Crippen LogP contribution is 2.21. The van der Waals surface area contributed by atoms with Gasteiger partial charge in [-0.2, -0.15) is 18.2 Å². The summed E-state index contributed by atoms with van der Waals surface area (Å²) in [5, 5.41) is 3.66. The molecule has 2 aromatic heterocycles. The fourth-order valence-corrected chi connectivity index (χ4v) is 3.50. The fraction of sp³-hybridized carbons (Fsp3) is 0.348. The molecule has 0 fully saturated rings. The molecule has 0 unspecified atom stereocenters. The number of nitrogens with one attached hydrogen (secondary N) is 1. The predicted molar refractivity (Wildman–Crippen MR) is 127 cm³/mol. The van der Waals surface area contributed by atoms with Crippen LogP contribution in [-0.4, -0.2) is 61.3 Å². The van der Waals surface area contributed by atoms with E-state index in [1.165, 1.54) is 44.5 Å². The second kappa shape index (κ2) is 10.7. The SMILES string of the molecule is CC#Cn1c(NCCN(CC)OC(=O)C(F)(F)F)nc2c1c(=O)n(C)c(=O)n2-c1ccccc1C(C)=O. The van der Waals surface area contributed by atoms with Crippen LogP contribution in [0.25, 0.3) is 16.9 Å². The number of alkyl halides is 3. The van der Waals surface area contributed by atoms with Gasteiger partial charge in [0.15, 0.2) is 16.9 Å². The summed E-state index contributed by atoms with van der Waals surface area (Å²) >= 11 is 0. The third-order valence-corrected chi connectivity index (χ3v) is 5.24. The molecule has 14 heteroatoms. The smallest absolute Gasteiger partial charge is 0.361 e. The summed E-state index contributed by atoms with van der Waals surface area (Å²) in [6.07, 6.45) is -5.15. The van der Waals surface area contributed by atoms with E-state index in [1.54, 1.807) is 12.1 Å². The van der Waals surface area contributed by atoms with E-state index in [-0.39, 0.29) is 53.8 Å². The van der Waals surface area contributed by atoms with Crippen molar-refractivity contribution in [3.8, 4) is 17.7 Å². The van der Waals surface area contributed by atoms with E-state index in [1.807, 2.05) is 0 Å². The van der Waals surface area contributed by atoms with Gasteiger partial charge in [-0.25, -0.2) is 18.7 Å². The zero-order valence-corrected chi connectivity index (χ0v) is 20.3. The normalized spacial score (nSPS) is 11.4. The van der Waals surface area contributed by atoms with E-state index in [0.717, 1.165) is 14.2 Å². The first kappa shape index (κ1) is 27.2. The van der Waals surface area contributed by atoms with Crippen molar-refractivity contribution >= 4 is 28.9 Å². The lowest BCUT2D eigenvalue weighted by molar-refractivity contribution is -0.237. The number of imidazole rings is 1. The number of fused-ring (bicyclic) bond motifs is 1. The summed E-state index contributed by atoms with van der Waals surface area (Å²) in [6, 6.07) is 9.02. The Morgan fingerprint density at radius 1 is 1.22 bits per heavy atom. The fourth-order valence-electron chi connectivity index (χ4n) is 3.50. The Morgan fingerprint density at radius 3 is 2.49 bits per heavy atom. The molecule has 0 aliphatic heterocycles. The van der Waals surface area contributed by atoms with Crippen molar-refractivity contribution in [3.63, 3.8) is 0 Å². The van der Waals surface area contributed by atoms with Gasteiger partial charge in [0, 0.05) is 31.7 Å². The molecule has 0 spiro atoms. The van der Waals surface area contributed by atoms with Crippen LogP contribution < -0.4 is 16.6 Å². The largest absolute Gasteiger partial charge is 0.492 e. The first-order valence-electron chi connectivity index (χ1n) is 11.0. The quantitative estimate of drug-likeness (QED) is 0.271. The van der Waals surface area contributed by atoms with Gasteiger partial charge in [-0.1, -0.05) is 18.1 Å². The molecule has 1 N–H and O–H groups in total. The molecule has 3 aromatic rings. The molecule has 3 rings (SSSR count). The third-order valence-electron chi connectivity index (χ3n) is 5.24. The van der Waals surface area contributed by atoms with Crippen LogP contribution >= 0.6 is 0 Å². The highest BCUT2D eigenvalue weighted by Gasteiger charge is 2.42. The number of hydrogen-bond donors (Lipinski definition) is 1. The van der Waals surface area contributed by atoms with Gasteiger partial charge in [0.1, 0.15) is 0 Å². The van der Waals surface area contributed by atoms with Crippen molar-refractivity contribution in [2.45, 2.75) is 26.9 Å². The van der Waals surface area contributed by atoms with E-state index in [0.29, 0.717) is 0 Å². The zero-order valence-electron chi connectivity index (χ0n) is 20.3. The number of halogens is 3. The molecule has 2 heterocycles. The summed E-state index contributed by atoms with van der Waals surface area (Å²) in [5.41, 5.74) is -1.16. The second-order valence-corrected chi connectivity index (χ2v) is 7.69. The monoisotopic (exact) mass is 520 g/mol. The lowest BCUT2D eigenvalue weighted by atomic mass is 10.1. The molecule has 0 aliphatic rings. The van der Waals surface area contributed by atoms with Crippen molar-refractivity contribution in [2.24, 2.45) is 7.05 Å². The van der Waals surface area contributed by atoms with Crippen molar-refractivity contribution < 1.29 is 27.6 Å². The number of aromatic nitrogens is 4. The van der Waals surface area contributed by atoms with Crippen LogP contribution in [0.5, 0.6) is 0 Å². The maximum Gasteiger partial charge on any atom is 0.492 e. The van der Waals surface area contributed by atoms with E-state index < -0.39 is 23.4 Å². The van der Waals surface area contributed by atoms with Gasteiger partial charge < -0.3 is 10.2 Å². The number of rotatable bonds is 8. The maximum atomic E-state index is 13.1. The van der Waals surface area contributed by atoms with Crippen molar-refractivity contribution in [1.82, 2.24) is 23.7 Å². The molecule has 0 aliphatic carbocycles. The average Bonchev–Trinajstić information content (AvgIpc) is 3.19. The number of ketones is 1. The minimum absolute atomic E-state index is 0.0132. The van der Waals surface area contributed by atoms with E-state index in [9.17, 15) is 32.3 Å². The number of carbonyl (C=O) groups excluding carboxylic acids is 2. The number of carbonyl (C=O) groups is 2. The molecule has 1 aromatic carbocycles. The average molecular weight is 520 g/mol. The molecular weight excluding hydrogens is 497 g/mol. The van der Waals surface area contributed by atoms with Crippen LogP contribution in [0.2, 0.25) is 0 Å². The molecule has 0 atom stereocenters. The Morgan fingerprint density at radius 2 is 1.89 bits per heavy atom. The van der Waals surface area contributed by atoms with Crippen LogP contribution in [0.15, 0.2) is 33.9 Å². The Balaban J connectivity index is 2.10. The van der Waals surface area contributed by atoms with Crippen LogP contribution in [-0.2, 0) is 16.7 Å². The van der Waals surface area contributed by atoms with E-state index >= 15 is 0 Å². The first-order valence-corrected chi connectivity index (χ1v) is 11.0. The summed E-state index contributed by atoms with van der Waals surface area (Å²) in [4.78, 5) is 58.3. The molecule has 0 saturated heterocycles. The van der Waals surface area contributed by atoms with Crippen molar-refractivity contribution in [3.05, 3.63) is 50.7 Å². The van der Waals surface area contributed by atoms with Crippen LogP contribution in [0.3, 0.4) is 0 Å². The molecule has 196 valence electrons. The van der Waals surface area contributed by atoms with Crippen LogP contribution in [0.4, 0.5) is 19.1 Å². The molecule has 0 radical (unpaired) electrons. The summed E-state index contributed by atoms with van der Waals surface area (Å²) in [6.45, 7) is 4.08. The Kier molecular flexibility index (Phi) is 7.87. The zero-order chi connectivity index (χ0) is 27.5. The number of hydroxylamine groups is 2. The Bertz CT molecular complexity index is 1540. The van der Waals surface area contributed by atoms with E-state index in [2.05, 4.69) is 27.1 Å². The van der Waals surface area contributed by atoms with Gasteiger partial charge in [0.2, 0.25) is 5.95 Å². The maximum absolute atomic E-state index is 13.1. The lowest BCUT2D eigenvalue weighted by Crippen LogP contribution is -2.38. The van der Waals surface area contributed by atoms with Crippen LogP contribution in [0, 0.1) is 12.0 Å². The Labute approximate surface area is 208 Å².